The molecule has 3 nitrogen and oxygen atoms in total. The van der Waals surface area contributed by atoms with Gasteiger partial charge in [-0.05, 0) is 96.9 Å². The molecule has 0 amide bonds. The summed E-state index contributed by atoms with van der Waals surface area (Å²) in [5.74, 6) is 1.24. The number of carbonyl (C=O) groups is 1. The molecule has 0 saturated heterocycles. The van der Waals surface area contributed by atoms with Gasteiger partial charge in [0, 0.05) is 0 Å². The molecule has 0 bridgehead atoms. The third kappa shape index (κ3) is 7.45. The predicted octanol–water partition coefficient (Wildman–Crippen LogP) is 8.73. The van der Waals surface area contributed by atoms with Crippen molar-refractivity contribution in [2.45, 2.75) is 84.2 Å². The number of benzene rings is 3. The molecule has 0 spiro atoms. The lowest BCUT2D eigenvalue weighted by molar-refractivity contribution is 0.0275. The van der Waals surface area contributed by atoms with Gasteiger partial charge in [0.05, 0.1) is 5.56 Å². The number of aromatic hydroxyl groups is 1. The van der Waals surface area contributed by atoms with Gasteiger partial charge in [0.2, 0.25) is 0 Å². The molecule has 3 unspecified atom stereocenters. The standard InChI is InChI=1S/C22H26O2.C10H14O/c1-3-16(2)17-12-14-19(15-13-17)22(23)24-21-11-7-5-9-18-8-4-6-10-20(18)21;1-3-8(2)9-4-6-10(11)7-5-9/h4,6,8,10,12-16,21H,3,5,7,9,11H2,1-2H3;4-8,11H,3H2,1-2H3. The van der Waals surface area contributed by atoms with E-state index in [4.69, 9.17) is 9.84 Å². The number of fused-ring (bicyclic) bond motifs is 1. The van der Waals surface area contributed by atoms with Crippen LogP contribution in [-0.4, -0.2) is 11.1 Å². The van der Waals surface area contributed by atoms with Gasteiger partial charge < -0.3 is 9.84 Å². The average molecular weight is 473 g/mol. The number of rotatable bonds is 6. The quantitative estimate of drug-likeness (QED) is 0.288. The first-order valence-electron chi connectivity index (χ1n) is 13.1. The van der Waals surface area contributed by atoms with Crippen LogP contribution in [0.3, 0.4) is 0 Å². The third-order valence-electron chi connectivity index (χ3n) is 7.22. The first kappa shape index (κ1) is 26.5. The summed E-state index contributed by atoms with van der Waals surface area (Å²) in [6, 6.07) is 23.7. The SMILES string of the molecule is CCC(C)c1ccc(C(=O)OC2CCCCc3ccccc32)cc1.CCC(C)c1ccc(O)cc1. The molecule has 3 atom stereocenters. The monoisotopic (exact) mass is 472 g/mol. The van der Waals surface area contributed by atoms with Gasteiger partial charge in [-0.15, -0.1) is 0 Å². The van der Waals surface area contributed by atoms with Crippen LogP contribution in [-0.2, 0) is 11.2 Å². The molecule has 3 aromatic rings. The average Bonchev–Trinajstić information content (AvgIpc) is 3.11. The Morgan fingerprint density at radius 2 is 1.43 bits per heavy atom. The molecule has 0 saturated carbocycles. The maximum atomic E-state index is 12.6. The van der Waals surface area contributed by atoms with Crippen molar-refractivity contribution in [2.24, 2.45) is 0 Å². The Hall–Kier alpha value is -3.07. The van der Waals surface area contributed by atoms with Crippen LogP contribution in [0.5, 0.6) is 5.75 Å². The van der Waals surface area contributed by atoms with Gasteiger partial charge in [-0.25, -0.2) is 4.79 Å². The van der Waals surface area contributed by atoms with Crippen LogP contribution in [0.15, 0.2) is 72.8 Å². The summed E-state index contributed by atoms with van der Waals surface area (Å²) in [6.07, 6.45) is 6.37. The summed E-state index contributed by atoms with van der Waals surface area (Å²) in [5, 5.41) is 9.01. The highest BCUT2D eigenvalue weighted by molar-refractivity contribution is 5.89. The molecule has 1 N–H and O–H groups in total. The molecule has 0 heterocycles. The predicted molar refractivity (Wildman–Crippen MR) is 144 cm³/mol. The topological polar surface area (TPSA) is 46.5 Å². The van der Waals surface area contributed by atoms with Crippen molar-refractivity contribution in [3.8, 4) is 5.75 Å². The van der Waals surface area contributed by atoms with Crippen molar-refractivity contribution in [3.63, 3.8) is 0 Å². The van der Waals surface area contributed by atoms with Crippen LogP contribution in [0.2, 0.25) is 0 Å². The minimum absolute atomic E-state index is 0.120. The maximum absolute atomic E-state index is 12.6. The Morgan fingerprint density at radius 1 is 0.857 bits per heavy atom. The first-order valence-corrected chi connectivity index (χ1v) is 13.1. The molecular weight excluding hydrogens is 432 g/mol. The lowest BCUT2D eigenvalue weighted by atomic mass is 9.97. The van der Waals surface area contributed by atoms with Crippen molar-refractivity contribution >= 4 is 5.97 Å². The molecule has 0 aromatic heterocycles. The molecule has 35 heavy (non-hydrogen) atoms. The summed E-state index contributed by atoms with van der Waals surface area (Å²) in [6.45, 7) is 8.73. The summed E-state index contributed by atoms with van der Waals surface area (Å²) in [7, 11) is 0. The fourth-order valence-corrected chi connectivity index (χ4v) is 4.42. The second kappa shape index (κ2) is 13.1. The third-order valence-corrected chi connectivity index (χ3v) is 7.22. The molecular formula is C32H40O3. The van der Waals surface area contributed by atoms with E-state index in [1.807, 2.05) is 42.5 Å². The smallest absolute Gasteiger partial charge is 0.338 e. The lowest BCUT2D eigenvalue weighted by Crippen LogP contribution is -2.12. The Balaban J connectivity index is 0.000000261. The van der Waals surface area contributed by atoms with Crippen molar-refractivity contribution in [1.82, 2.24) is 0 Å². The molecule has 4 rings (SSSR count). The van der Waals surface area contributed by atoms with E-state index < -0.39 is 0 Å². The van der Waals surface area contributed by atoms with Gasteiger partial charge in [0.15, 0.2) is 0 Å². The number of hydrogen-bond acceptors (Lipinski definition) is 3. The Labute approximate surface area is 211 Å². The van der Waals surface area contributed by atoms with E-state index in [0.29, 0.717) is 23.1 Å². The van der Waals surface area contributed by atoms with Gasteiger partial charge >= 0.3 is 5.97 Å². The first-order chi connectivity index (χ1) is 16.9. The fourth-order valence-electron chi connectivity index (χ4n) is 4.42. The van der Waals surface area contributed by atoms with Gasteiger partial charge in [0.25, 0.3) is 0 Å². The zero-order valence-electron chi connectivity index (χ0n) is 21.7. The largest absolute Gasteiger partial charge is 0.508 e. The Bertz CT molecular complexity index is 1050. The molecule has 3 heteroatoms. The minimum Gasteiger partial charge on any atom is -0.508 e. The maximum Gasteiger partial charge on any atom is 0.338 e. The Kier molecular flexibility index (Phi) is 9.96. The number of phenols is 1. The van der Waals surface area contributed by atoms with Crippen LogP contribution in [0, 0.1) is 0 Å². The summed E-state index contributed by atoms with van der Waals surface area (Å²) in [4.78, 5) is 12.6. The minimum atomic E-state index is -0.215. The van der Waals surface area contributed by atoms with Crippen molar-refractivity contribution in [1.29, 1.82) is 0 Å². The zero-order chi connectivity index (χ0) is 25.2. The zero-order valence-corrected chi connectivity index (χ0v) is 21.7. The van der Waals surface area contributed by atoms with Crippen LogP contribution < -0.4 is 0 Å². The summed E-state index contributed by atoms with van der Waals surface area (Å²) in [5.41, 5.74) is 5.71. The van der Waals surface area contributed by atoms with Gasteiger partial charge in [0.1, 0.15) is 11.9 Å². The number of hydrogen-bond donors (Lipinski definition) is 1. The van der Waals surface area contributed by atoms with Crippen molar-refractivity contribution < 1.29 is 14.6 Å². The molecule has 1 aliphatic carbocycles. The fraction of sp³-hybridized carbons (Fsp3) is 0.406. The van der Waals surface area contributed by atoms with E-state index in [9.17, 15) is 4.79 Å². The highest BCUT2D eigenvalue weighted by Crippen LogP contribution is 2.32. The second-order valence-corrected chi connectivity index (χ2v) is 9.67. The van der Waals surface area contributed by atoms with Crippen molar-refractivity contribution in [3.05, 3.63) is 101 Å². The number of ether oxygens (including phenoxy) is 1. The van der Waals surface area contributed by atoms with Gasteiger partial charge in [-0.1, -0.05) is 76.2 Å². The number of aryl methyl sites for hydroxylation is 1. The summed E-state index contributed by atoms with van der Waals surface area (Å²) < 4.78 is 5.87. The summed E-state index contributed by atoms with van der Waals surface area (Å²) >= 11 is 0. The van der Waals surface area contributed by atoms with Gasteiger partial charge in [-0.2, -0.15) is 0 Å². The molecule has 0 aliphatic heterocycles. The van der Waals surface area contributed by atoms with E-state index in [1.54, 1.807) is 12.1 Å². The molecule has 186 valence electrons. The number of esters is 1. The molecule has 3 aromatic carbocycles. The Morgan fingerprint density at radius 3 is 2.03 bits per heavy atom. The van der Waals surface area contributed by atoms with E-state index >= 15 is 0 Å². The highest BCUT2D eigenvalue weighted by Gasteiger charge is 2.22. The van der Waals surface area contributed by atoms with Crippen molar-refractivity contribution in [2.75, 3.05) is 0 Å². The van der Waals surface area contributed by atoms with E-state index in [2.05, 4.69) is 45.9 Å². The lowest BCUT2D eigenvalue weighted by Gasteiger charge is -2.19. The van der Waals surface area contributed by atoms with Crippen LogP contribution >= 0.6 is 0 Å². The normalized spacial score (nSPS) is 16.6. The molecule has 1 aliphatic rings. The number of phenolic OH excluding ortho intramolecular Hbond substituents is 1. The van der Waals surface area contributed by atoms with Crippen LogP contribution in [0.25, 0.3) is 0 Å². The van der Waals surface area contributed by atoms with Gasteiger partial charge in [-0.3, -0.25) is 0 Å². The van der Waals surface area contributed by atoms with E-state index in [0.717, 1.165) is 38.5 Å². The number of carbonyl (C=O) groups excluding carboxylic acids is 1. The van der Waals surface area contributed by atoms with Crippen LogP contribution in [0.4, 0.5) is 0 Å². The van der Waals surface area contributed by atoms with Crippen LogP contribution in [0.1, 0.15) is 110 Å². The highest BCUT2D eigenvalue weighted by atomic mass is 16.5. The van der Waals surface area contributed by atoms with E-state index in [-0.39, 0.29) is 12.1 Å². The second-order valence-electron chi connectivity index (χ2n) is 9.67. The van der Waals surface area contributed by atoms with E-state index in [1.165, 1.54) is 22.3 Å². The molecule has 0 fully saturated rings. The molecule has 0 radical (unpaired) electrons.